The molecule has 1 aliphatic rings. The summed E-state index contributed by atoms with van der Waals surface area (Å²) in [7, 11) is 0. The van der Waals surface area contributed by atoms with E-state index in [0.717, 1.165) is 16.9 Å². The van der Waals surface area contributed by atoms with Crippen molar-refractivity contribution in [1.29, 1.82) is 0 Å². The van der Waals surface area contributed by atoms with Crippen LogP contribution in [0.1, 0.15) is 22.1 Å². The van der Waals surface area contributed by atoms with E-state index in [4.69, 9.17) is 11.6 Å². The lowest BCUT2D eigenvalue weighted by Crippen LogP contribution is -2.15. The third-order valence-corrected chi connectivity index (χ3v) is 5.77. The highest BCUT2D eigenvalue weighted by Crippen LogP contribution is 2.44. The van der Waals surface area contributed by atoms with Gasteiger partial charge in [-0.05, 0) is 37.3 Å². The smallest absolute Gasteiger partial charge is 0.235 e. The highest BCUT2D eigenvalue weighted by molar-refractivity contribution is 8.00. The van der Waals surface area contributed by atoms with Crippen molar-refractivity contribution in [3.8, 4) is 5.69 Å². The Morgan fingerprint density at radius 2 is 1.96 bits per heavy atom. The van der Waals surface area contributed by atoms with Crippen LogP contribution in [0.5, 0.6) is 0 Å². The molecule has 4 rings (SSSR count). The van der Waals surface area contributed by atoms with E-state index in [0.29, 0.717) is 16.4 Å². The average molecular weight is 388 g/mol. The van der Waals surface area contributed by atoms with Gasteiger partial charge in [-0.15, -0.1) is 11.8 Å². The van der Waals surface area contributed by atoms with Crippen molar-refractivity contribution in [2.45, 2.75) is 12.2 Å². The summed E-state index contributed by atoms with van der Waals surface area (Å²) in [6, 6.07) is 13.9. The molecule has 26 heavy (non-hydrogen) atoms. The minimum absolute atomic E-state index is 0.134. The second-order valence-corrected chi connectivity index (χ2v) is 7.53. The molecule has 2 heterocycles. The van der Waals surface area contributed by atoms with Gasteiger partial charge in [-0.3, -0.25) is 4.79 Å². The minimum Gasteiger partial charge on any atom is -0.310 e. The SMILES string of the molecule is Cc1nn(-c2ccc(Cl)cc2)c2c1[C@@H](c1ccccc1F)SCC(=O)N2. The zero-order chi connectivity index (χ0) is 18.3. The van der Waals surface area contributed by atoms with E-state index >= 15 is 0 Å². The normalized spacial score (nSPS) is 16.7. The predicted molar refractivity (Wildman–Crippen MR) is 103 cm³/mol. The molecular formula is C19H15ClFN3OS. The van der Waals surface area contributed by atoms with Gasteiger partial charge >= 0.3 is 0 Å². The molecule has 1 aromatic heterocycles. The number of amides is 1. The molecule has 0 radical (unpaired) electrons. The first-order chi connectivity index (χ1) is 12.5. The first kappa shape index (κ1) is 17.1. The lowest BCUT2D eigenvalue weighted by atomic mass is 10.0. The Morgan fingerprint density at radius 3 is 2.69 bits per heavy atom. The molecular weight excluding hydrogens is 373 g/mol. The summed E-state index contributed by atoms with van der Waals surface area (Å²) in [6.45, 7) is 1.87. The zero-order valence-corrected chi connectivity index (χ0v) is 15.4. The highest BCUT2D eigenvalue weighted by Gasteiger charge is 2.31. The third kappa shape index (κ3) is 2.99. The second-order valence-electron chi connectivity index (χ2n) is 6.00. The molecule has 0 saturated carbocycles. The van der Waals surface area contributed by atoms with Crippen LogP contribution in [0.15, 0.2) is 48.5 Å². The summed E-state index contributed by atoms with van der Waals surface area (Å²) in [5, 5.41) is 7.83. The lowest BCUT2D eigenvalue weighted by molar-refractivity contribution is -0.113. The van der Waals surface area contributed by atoms with E-state index < -0.39 is 0 Å². The molecule has 0 aliphatic carbocycles. The molecule has 7 heteroatoms. The van der Waals surface area contributed by atoms with Crippen molar-refractivity contribution in [3.63, 3.8) is 0 Å². The number of rotatable bonds is 2. The quantitative estimate of drug-likeness (QED) is 0.690. The molecule has 0 unspecified atom stereocenters. The highest BCUT2D eigenvalue weighted by atomic mass is 35.5. The fraction of sp³-hybridized carbons (Fsp3) is 0.158. The molecule has 132 valence electrons. The maximum Gasteiger partial charge on any atom is 0.235 e. The van der Waals surface area contributed by atoms with Crippen LogP contribution in [0.25, 0.3) is 5.69 Å². The van der Waals surface area contributed by atoms with Crippen molar-refractivity contribution >= 4 is 35.1 Å². The van der Waals surface area contributed by atoms with Gasteiger partial charge in [0, 0.05) is 16.1 Å². The topological polar surface area (TPSA) is 46.9 Å². The molecule has 1 atom stereocenters. The van der Waals surface area contributed by atoms with Gasteiger partial charge in [0.1, 0.15) is 11.6 Å². The van der Waals surface area contributed by atoms with Crippen LogP contribution in [0.3, 0.4) is 0 Å². The number of nitrogens with zero attached hydrogens (tertiary/aromatic N) is 2. The van der Waals surface area contributed by atoms with E-state index in [1.54, 1.807) is 35.0 Å². The number of nitrogens with one attached hydrogen (secondary N) is 1. The Morgan fingerprint density at radius 1 is 1.23 bits per heavy atom. The first-order valence-electron chi connectivity index (χ1n) is 8.06. The molecule has 1 aliphatic heterocycles. The van der Waals surface area contributed by atoms with E-state index in [9.17, 15) is 9.18 Å². The van der Waals surface area contributed by atoms with Crippen LogP contribution >= 0.6 is 23.4 Å². The van der Waals surface area contributed by atoms with Crippen molar-refractivity contribution in [1.82, 2.24) is 9.78 Å². The number of fused-ring (bicyclic) bond motifs is 1. The number of halogens is 2. The fourth-order valence-electron chi connectivity index (χ4n) is 3.09. The lowest BCUT2D eigenvalue weighted by Gasteiger charge is -2.16. The Kier molecular flexibility index (Phi) is 4.46. The van der Waals surface area contributed by atoms with Crippen LogP contribution in [-0.4, -0.2) is 21.4 Å². The van der Waals surface area contributed by atoms with Crippen molar-refractivity contribution in [3.05, 3.63) is 76.2 Å². The Bertz CT molecular complexity index is 987. The van der Waals surface area contributed by atoms with Crippen LogP contribution in [0.2, 0.25) is 5.02 Å². The fourth-order valence-corrected chi connectivity index (χ4v) is 4.42. The molecule has 1 amide bonds. The molecule has 0 saturated heterocycles. The number of thioether (sulfide) groups is 1. The number of anilines is 1. The molecule has 4 nitrogen and oxygen atoms in total. The van der Waals surface area contributed by atoms with Gasteiger partial charge in [0.25, 0.3) is 0 Å². The summed E-state index contributed by atoms with van der Waals surface area (Å²) in [5.41, 5.74) is 2.89. The number of hydrogen-bond acceptors (Lipinski definition) is 3. The second kappa shape index (κ2) is 6.78. The van der Waals surface area contributed by atoms with Crippen LogP contribution in [-0.2, 0) is 4.79 Å². The number of benzene rings is 2. The van der Waals surface area contributed by atoms with Crippen molar-refractivity contribution in [2.75, 3.05) is 11.1 Å². The van der Waals surface area contributed by atoms with Gasteiger partial charge < -0.3 is 5.32 Å². The number of carbonyl (C=O) groups excluding carboxylic acids is 1. The molecule has 0 fully saturated rings. The van der Waals surface area contributed by atoms with Gasteiger partial charge in [-0.2, -0.15) is 5.10 Å². The number of aryl methyl sites for hydroxylation is 1. The largest absolute Gasteiger partial charge is 0.310 e. The number of hydrogen-bond donors (Lipinski definition) is 1. The standard InChI is InChI=1S/C19H15ClFN3OS/c1-11-17-18(14-4-2-3-5-15(14)21)26-10-16(25)22-19(17)24(23-11)13-8-6-12(20)7-9-13/h2-9,18H,10H2,1H3,(H,22,25)/t18-/m1/s1. The first-order valence-corrected chi connectivity index (χ1v) is 9.48. The molecule has 2 aromatic carbocycles. The maximum absolute atomic E-state index is 14.4. The monoisotopic (exact) mass is 387 g/mol. The van der Waals surface area contributed by atoms with Crippen LogP contribution in [0.4, 0.5) is 10.2 Å². The van der Waals surface area contributed by atoms with E-state index in [1.165, 1.54) is 17.8 Å². The van der Waals surface area contributed by atoms with E-state index in [1.807, 2.05) is 19.1 Å². The van der Waals surface area contributed by atoms with Gasteiger partial charge in [0.15, 0.2) is 0 Å². The molecule has 0 bridgehead atoms. The Hall–Kier alpha value is -2.31. The number of aromatic nitrogens is 2. The Balaban J connectivity index is 1.91. The van der Waals surface area contributed by atoms with Crippen molar-refractivity contribution < 1.29 is 9.18 Å². The summed E-state index contributed by atoms with van der Waals surface area (Å²) < 4.78 is 16.1. The molecule has 0 spiro atoms. The molecule has 1 N–H and O–H groups in total. The van der Waals surface area contributed by atoms with E-state index in [2.05, 4.69) is 10.4 Å². The third-order valence-electron chi connectivity index (χ3n) is 4.27. The Labute approximate surface area is 159 Å². The predicted octanol–water partition coefficient (Wildman–Crippen LogP) is 4.75. The average Bonchev–Trinajstić information content (AvgIpc) is 2.83. The van der Waals surface area contributed by atoms with Gasteiger partial charge in [-0.1, -0.05) is 29.8 Å². The summed E-state index contributed by atoms with van der Waals surface area (Å²) >= 11 is 7.37. The van der Waals surface area contributed by atoms with Crippen molar-refractivity contribution in [2.24, 2.45) is 0 Å². The maximum atomic E-state index is 14.4. The summed E-state index contributed by atoms with van der Waals surface area (Å²) in [4.78, 5) is 12.3. The molecule has 3 aromatic rings. The zero-order valence-electron chi connectivity index (χ0n) is 13.9. The summed E-state index contributed by atoms with van der Waals surface area (Å²) in [5.74, 6) is 0.399. The van der Waals surface area contributed by atoms with Crippen LogP contribution in [0, 0.1) is 12.7 Å². The summed E-state index contributed by atoms with van der Waals surface area (Å²) in [6.07, 6.45) is 0. The minimum atomic E-state index is -0.314. The van der Waals surface area contributed by atoms with Gasteiger partial charge in [0.05, 0.1) is 22.4 Å². The van der Waals surface area contributed by atoms with Crippen LogP contribution < -0.4 is 5.32 Å². The van der Waals surface area contributed by atoms with Gasteiger partial charge in [-0.25, -0.2) is 9.07 Å². The van der Waals surface area contributed by atoms with E-state index in [-0.39, 0.29) is 22.7 Å². The van der Waals surface area contributed by atoms with Gasteiger partial charge in [0.2, 0.25) is 5.91 Å². The number of carbonyl (C=O) groups is 1.